The molecular weight excluding hydrogens is 576 g/mol. The number of ether oxygens (including phenoxy) is 4. The highest BCUT2D eigenvalue weighted by molar-refractivity contribution is 5.82. The van der Waals surface area contributed by atoms with Gasteiger partial charge < -0.3 is 44.9 Å². The van der Waals surface area contributed by atoms with Crippen LogP contribution >= 0.6 is 0 Å². The van der Waals surface area contributed by atoms with Crippen molar-refractivity contribution < 1.29 is 53.4 Å². The Morgan fingerprint density at radius 3 is 1.39 bits per heavy atom. The van der Waals surface area contributed by atoms with Gasteiger partial charge in [-0.25, -0.2) is 19.2 Å². The van der Waals surface area contributed by atoms with Gasteiger partial charge in [0.2, 0.25) is 0 Å². The van der Waals surface area contributed by atoms with E-state index in [2.05, 4.69) is 15.4 Å². The number of hydrogen-bond acceptors (Lipinski definition) is 11. The highest BCUT2D eigenvalue weighted by Crippen LogP contribution is 2.25. The quantitative estimate of drug-likeness (QED) is 0.163. The van der Waals surface area contributed by atoms with E-state index in [1.165, 1.54) is 32.4 Å². The van der Waals surface area contributed by atoms with Crippen molar-refractivity contribution in [2.75, 3.05) is 14.2 Å². The summed E-state index contributed by atoms with van der Waals surface area (Å²) in [6.07, 6.45) is -1.10. The molecule has 0 spiro atoms. The van der Waals surface area contributed by atoms with Crippen LogP contribution in [-0.2, 0) is 41.4 Å². The van der Waals surface area contributed by atoms with Gasteiger partial charge in [0.15, 0.2) is 11.5 Å². The van der Waals surface area contributed by atoms with Crippen LogP contribution in [0.15, 0.2) is 36.4 Å². The number of nitrogens with one attached hydrogen (secondary N) is 2. The normalized spacial score (nSPS) is 12.4. The first-order valence-corrected chi connectivity index (χ1v) is 13.7. The minimum atomic E-state index is -0.969. The molecule has 0 aliphatic rings. The maximum Gasteiger partial charge on any atom is 0.408 e. The van der Waals surface area contributed by atoms with Crippen molar-refractivity contribution >= 4 is 24.1 Å². The number of phenolic OH excluding ortho intramolecular Hbond substituents is 3. The molecule has 2 aromatic rings. The van der Waals surface area contributed by atoms with E-state index < -0.39 is 47.4 Å². The lowest BCUT2D eigenvalue weighted by Crippen LogP contribution is -2.45. The maximum absolute atomic E-state index is 11.8. The Bertz CT molecular complexity index is 1200. The summed E-state index contributed by atoms with van der Waals surface area (Å²) >= 11 is 0. The Morgan fingerprint density at radius 2 is 1.05 bits per heavy atom. The standard InChI is InChI=1S/C16H23NO5.C15H21NO6/c1-10-8-11(6-7-13(10)18)9-12(14(19)21-5)17-15(20)22-16(2,3)4;1-15(2,3)22-14(20)16-10(13(19)21-4)7-9-5-6-11(17)12(18)8-9/h6-8,12,18H,9H2,1-5H3,(H,17,20);5-6,8,10,17-18H,7H2,1-4H3,(H,16,20)/t12-;10-/m00/s1. The van der Waals surface area contributed by atoms with Crippen LogP contribution in [0.1, 0.15) is 58.2 Å². The Balaban J connectivity index is 0.000000440. The van der Waals surface area contributed by atoms with Crippen LogP contribution in [0.25, 0.3) is 0 Å². The number of methoxy groups -OCH3 is 2. The van der Waals surface area contributed by atoms with E-state index in [0.717, 1.165) is 5.56 Å². The van der Waals surface area contributed by atoms with Gasteiger partial charge in [-0.15, -0.1) is 0 Å². The molecule has 0 unspecified atom stereocenters. The van der Waals surface area contributed by atoms with Gasteiger partial charge in [0.05, 0.1) is 14.2 Å². The smallest absolute Gasteiger partial charge is 0.408 e. The van der Waals surface area contributed by atoms with Crippen molar-refractivity contribution in [3.63, 3.8) is 0 Å². The number of carbonyl (C=O) groups excluding carboxylic acids is 4. The molecule has 44 heavy (non-hydrogen) atoms. The second kappa shape index (κ2) is 16.2. The largest absolute Gasteiger partial charge is 0.508 e. The summed E-state index contributed by atoms with van der Waals surface area (Å²) in [6, 6.07) is 7.30. The summed E-state index contributed by atoms with van der Waals surface area (Å²) in [7, 11) is 2.47. The first-order chi connectivity index (χ1) is 20.2. The number of esters is 2. The van der Waals surface area contributed by atoms with Crippen molar-refractivity contribution in [1.82, 2.24) is 10.6 Å². The van der Waals surface area contributed by atoms with Gasteiger partial charge in [0, 0.05) is 12.8 Å². The number of carbonyl (C=O) groups is 4. The first kappa shape index (κ1) is 37.3. The predicted octanol–water partition coefficient (Wildman–Crippen LogP) is 4.02. The molecule has 0 aliphatic carbocycles. The number of phenols is 3. The van der Waals surface area contributed by atoms with E-state index in [1.807, 2.05) is 0 Å². The molecule has 13 nitrogen and oxygen atoms in total. The fraction of sp³-hybridized carbons (Fsp3) is 0.484. The Kier molecular flexibility index (Phi) is 13.8. The summed E-state index contributed by atoms with van der Waals surface area (Å²) in [5, 5.41) is 33.2. The molecule has 0 saturated carbocycles. The molecule has 0 saturated heterocycles. The second-order valence-electron chi connectivity index (χ2n) is 11.8. The average molecular weight is 621 g/mol. The third-order valence-corrected chi connectivity index (χ3v) is 5.53. The Morgan fingerprint density at radius 1 is 0.659 bits per heavy atom. The molecule has 5 N–H and O–H groups in total. The molecule has 0 fully saturated rings. The van der Waals surface area contributed by atoms with Crippen molar-refractivity contribution in [1.29, 1.82) is 0 Å². The molecule has 0 heterocycles. The zero-order valence-corrected chi connectivity index (χ0v) is 26.6. The molecule has 0 aromatic heterocycles. The highest BCUT2D eigenvalue weighted by Gasteiger charge is 2.27. The van der Waals surface area contributed by atoms with Crippen LogP contribution < -0.4 is 10.6 Å². The van der Waals surface area contributed by atoms with E-state index in [1.54, 1.807) is 66.7 Å². The topological polar surface area (TPSA) is 190 Å². The molecule has 244 valence electrons. The third kappa shape index (κ3) is 14.0. The van der Waals surface area contributed by atoms with Crippen molar-refractivity contribution in [3.05, 3.63) is 53.1 Å². The summed E-state index contributed by atoms with van der Waals surface area (Å²) in [5.41, 5.74) is 0.684. The molecule has 2 aromatic carbocycles. The lowest BCUT2D eigenvalue weighted by atomic mass is 10.0. The van der Waals surface area contributed by atoms with Crippen LogP contribution in [0.5, 0.6) is 17.2 Å². The van der Waals surface area contributed by atoms with Gasteiger partial charge in [-0.05, 0) is 83.4 Å². The number of rotatable bonds is 8. The number of alkyl carbamates (subject to hydrolysis) is 2. The number of benzene rings is 2. The van der Waals surface area contributed by atoms with E-state index in [0.29, 0.717) is 11.1 Å². The highest BCUT2D eigenvalue weighted by atomic mass is 16.6. The number of amides is 2. The Hall–Kier alpha value is -4.68. The third-order valence-electron chi connectivity index (χ3n) is 5.53. The number of hydrogen-bond donors (Lipinski definition) is 5. The molecule has 0 aliphatic heterocycles. The van der Waals surface area contributed by atoms with Crippen molar-refractivity contribution in [3.8, 4) is 17.2 Å². The van der Waals surface area contributed by atoms with Crippen LogP contribution in [0.4, 0.5) is 9.59 Å². The van der Waals surface area contributed by atoms with Gasteiger partial charge in [-0.2, -0.15) is 0 Å². The summed E-state index contributed by atoms with van der Waals surface area (Å²) < 4.78 is 19.6. The fourth-order valence-corrected chi connectivity index (χ4v) is 3.58. The molecular formula is C31H44N2O11. The lowest BCUT2D eigenvalue weighted by Gasteiger charge is -2.22. The molecule has 13 heteroatoms. The second-order valence-corrected chi connectivity index (χ2v) is 11.8. The van der Waals surface area contributed by atoms with Crippen LogP contribution in [-0.4, -0.2) is 77.0 Å². The summed E-state index contributed by atoms with van der Waals surface area (Å²) in [4.78, 5) is 47.2. The molecule has 2 atom stereocenters. The van der Waals surface area contributed by atoms with E-state index >= 15 is 0 Å². The minimum Gasteiger partial charge on any atom is -0.508 e. The van der Waals surface area contributed by atoms with Crippen LogP contribution in [0.2, 0.25) is 0 Å². The molecule has 0 radical (unpaired) electrons. The van der Waals surface area contributed by atoms with Gasteiger partial charge in [0.1, 0.15) is 29.0 Å². The summed E-state index contributed by atoms with van der Waals surface area (Å²) in [6.45, 7) is 12.1. The maximum atomic E-state index is 11.8. The summed E-state index contributed by atoms with van der Waals surface area (Å²) in [5.74, 6) is -1.59. The van der Waals surface area contributed by atoms with E-state index in [-0.39, 0.29) is 30.1 Å². The zero-order chi connectivity index (χ0) is 33.8. The minimum absolute atomic E-state index is 0.0831. The van der Waals surface area contributed by atoms with Crippen LogP contribution in [0.3, 0.4) is 0 Å². The van der Waals surface area contributed by atoms with Gasteiger partial charge in [-0.3, -0.25) is 0 Å². The SMILES string of the molecule is COC(=O)[C@H](Cc1ccc(O)c(C)c1)NC(=O)OC(C)(C)C.COC(=O)[C@H](Cc1ccc(O)c(O)c1)NC(=O)OC(C)(C)C. The first-order valence-electron chi connectivity index (χ1n) is 13.7. The lowest BCUT2D eigenvalue weighted by molar-refractivity contribution is -0.143. The zero-order valence-electron chi connectivity index (χ0n) is 26.6. The number of aryl methyl sites for hydroxylation is 1. The van der Waals surface area contributed by atoms with E-state index in [9.17, 15) is 34.5 Å². The number of aromatic hydroxyl groups is 3. The van der Waals surface area contributed by atoms with Gasteiger partial charge >= 0.3 is 24.1 Å². The van der Waals surface area contributed by atoms with Crippen LogP contribution in [0, 0.1) is 6.92 Å². The Labute approximate surface area is 257 Å². The average Bonchev–Trinajstić information content (AvgIpc) is 2.89. The van der Waals surface area contributed by atoms with E-state index in [4.69, 9.17) is 14.2 Å². The van der Waals surface area contributed by atoms with Gasteiger partial charge in [-0.1, -0.05) is 18.2 Å². The molecule has 2 amide bonds. The predicted molar refractivity (Wildman–Crippen MR) is 160 cm³/mol. The fourth-order valence-electron chi connectivity index (χ4n) is 3.58. The monoisotopic (exact) mass is 620 g/mol. The van der Waals surface area contributed by atoms with Gasteiger partial charge in [0.25, 0.3) is 0 Å². The van der Waals surface area contributed by atoms with Crippen molar-refractivity contribution in [2.24, 2.45) is 0 Å². The molecule has 0 bridgehead atoms. The van der Waals surface area contributed by atoms with Crippen molar-refractivity contribution in [2.45, 2.75) is 84.6 Å². The molecule has 2 rings (SSSR count).